The SMILES string of the molecule is COc1c(C)cc(CO)cc1C(F)(F)F. The summed E-state index contributed by atoms with van der Waals surface area (Å²) in [6, 6.07) is 2.36. The van der Waals surface area contributed by atoms with Crippen molar-refractivity contribution in [2.75, 3.05) is 7.11 Å². The minimum absolute atomic E-state index is 0.195. The molecule has 0 heterocycles. The van der Waals surface area contributed by atoms with Gasteiger partial charge in [0.15, 0.2) is 0 Å². The molecule has 0 radical (unpaired) electrons. The van der Waals surface area contributed by atoms with Crippen LogP contribution in [0.5, 0.6) is 5.75 Å². The van der Waals surface area contributed by atoms with Crippen molar-refractivity contribution in [2.24, 2.45) is 0 Å². The summed E-state index contributed by atoms with van der Waals surface area (Å²) < 4.78 is 42.4. The molecular weight excluding hydrogens is 209 g/mol. The summed E-state index contributed by atoms with van der Waals surface area (Å²) in [4.78, 5) is 0. The van der Waals surface area contributed by atoms with Gasteiger partial charge in [0.1, 0.15) is 5.75 Å². The van der Waals surface area contributed by atoms with Gasteiger partial charge in [-0.3, -0.25) is 0 Å². The molecule has 1 N–H and O–H groups in total. The van der Waals surface area contributed by atoms with Crippen molar-refractivity contribution in [2.45, 2.75) is 19.7 Å². The summed E-state index contributed by atoms with van der Waals surface area (Å²) >= 11 is 0. The first-order valence-corrected chi connectivity index (χ1v) is 4.25. The van der Waals surface area contributed by atoms with Gasteiger partial charge in [0.25, 0.3) is 0 Å². The number of alkyl halides is 3. The highest BCUT2D eigenvalue weighted by Crippen LogP contribution is 2.38. The van der Waals surface area contributed by atoms with Gasteiger partial charge in [0.2, 0.25) is 0 Å². The molecule has 84 valence electrons. The van der Waals surface area contributed by atoms with Crippen LogP contribution in [0.4, 0.5) is 13.2 Å². The lowest BCUT2D eigenvalue weighted by molar-refractivity contribution is -0.138. The molecule has 0 aromatic heterocycles. The Hall–Kier alpha value is -1.23. The summed E-state index contributed by atoms with van der Waals surface area (Å²) in [5, 5.41) is 8.81. The van der Waals surface area contributed by atoms with Crippen molar-refractivity contribution in [3.63, 3.8) is 0 Å². The molecule has 0 bridgehead atoms. The van der Waals surface area contributed by atoms with Crippen molar-refractivity contribution < 1.29 is 23.0 Å². The zero-order valence-electron chi connectivity index (χ0n) is 8.35. The third-order valence-corrected chi connectivity index (χ3v) is 2.03. The minimum Gasteiger partial charge on any atom is -0.496 e. The highest BCUT2D eigenvalue weighted by atomic mass is 19.4. The summed E-state index contributed by atoms with van der Waals surface area (Å²) in [7, 11) is 1.19. The standard InChI is InChI=1S/C10H11F3O2/c1-6-3-7(5-14)4-8(9(6)15-2)10(11,12)13/h3-4,14H,5H2,1-2H3. The monoisotopic (exact) mass is 220 g/mol. The molecule has 1 rings (SSSR count). The van der Waals surface area contributed by atoms with Crippen LogP contribution in [0.3, 0.4) is 0 Å². The lowest BCUT2D eigenvalue weighted by atomic mass is 10.0. The van der Waals surface area contributed by atoms with Crippen LogP contribution in [-0.2, 0) is 12.8 Å². The molecule has 0 aliphatic carbocycles. The Labute approximate surface area is 85.3 Å². The Morgan fingerprint density at radius 1 is 1.33 bits per heavy atom. The molecule has 0 unspecified atom stereocenters. The van der Waals surface area contributed by atoms with Crippen molar-refractivity contribution in [3.05, 3.63) is 28.8 Å². The number of aliphatic hydroxyl groups is 1. The number of hydrogen-bond donors (Lipinski definition) is 1. The fourth-order valence-electron chi connectivity index (χ4n) is 1.42. The molecule has 0 fully saturated rings. The molecule has 0 aliphatic heterocycles. The van der Waals surface area contributed by atoms with Gasteiger partial charge in [-0.05, 0) is 24.1 Å². The number of benzene rings is 1. The molecule has 0 saturated carbocycles. The Kier molecular flexibility index (Phi) is 3.24. The van der Waals surface area contributed by atoms with Gasteiger partial charge in [-0.1, -0.05) is 6.07 Å². The van der Waals surface area contributed by atoms with Crippen molar-refractivity contribution in [3.8, 4) is 5.75 Å². The van der Waals surface area contributed by atoms with Crippen molar-refractivity contribution in [1.29, 1.82) is 0 Å². The molecule has 0 saturated heterocycles. The minimum atomic E-state index is -4.47. The molecule has 0 aliphatic rings. The summed E-state index contributed by atoms with van der Waals surface area (Å²) in [6.07, 6.45) is -4.47. The molecule has 5 heteroatoms. The van der Waals surface area contributed by atoms with Crippen molar-refractivity contribution in [1.82, 2.24) is 0 Å². The van der Waals surface area contributed by atoms with Crippen LogP contribution in [0.2, 0.25) is 0 Å². The average molecular weight is 220 g/mol. The number of halogens is 3. The maximum Gasteiger partial charge on any atom is 0.419 e. The topological polar surface area (TPSA) is 29.5 Å². The number of hydrogen-bond acceptors (Lipinski definition) is 2. The first-order valence-electron chi connectivity index (χ1n) is 4.25. The average Bonchev–Trinajstić information content (AvgIpc) is 2.15. The predicted octanol–water partition coefficient (Wildman–Crippen LogP) is 2.51. The molecule has 2 nitrogen and oxygen atoms in total. The quantitative estimate of drug-likeness (QED) is 0.829. The molecule has 0 atom stereocenters. The second-order valence-corrected chi connectivity index (χ2v) is 3.15. The lowest BCUT2D eigenvalue weighted by Gasteiger charge is -2.15. The van der Waals surface area contributed by atoms with E-state index in [1.165, 1.54) is 20.1 Å². The Bertz CT molecular complexity index is 358. The van der Waals surface area contributed by atoms with E-state index in [1.54, 1.807) is 0 Å². The van der Waals surface area contributed by atoms with Crippen LogP contribution in [0, 0.1) is 6.92 Å². The van der Waals surface area contributed by atoms with Gasteiger partial charge >= 0.3 is 6.18 Å². The normalized spacial score (nSPS) is 11.6. The summed E-state index contributed by atoms with van der Waals surface area (Å²) in [6.45, 7) is 1.08. The smallest absolute Gasteiger partial charge is 0.419 e. The number of ether oxygens (including phenoxy) is 1. The van der Waals surface area contributed by atoms with E-state index >= 15 is 0 Å². The van der Waals surface area contributed by atoms with E-state index in [2.05, 4.69) is 0 Å². The molecule has 1 aromatic carbocycles. The van der Waals surface area contributed by atoms with E-state index in [-0.39, 0.29) is 11.3 Å². The van der Waals surface area contributed by atoms with Crippen LogP contribution in [-0.4, -0.2) is 12.2 Å². The van der Waals surface area contributed by atoms with E-state index in [0.29, 0.717) is 5.56 Å². The Balaban J connectivity index is 3.39. The number of aryl methyl sites for hydroxylation is 1. The van der Waals surface area contributed by atoms with Gasteiger partial charge in [-0.25, -0.2) is 0 Å². The van der Waals surface area contributed by atoms with Crippen LogP contribution >= 0.6 is 0 Å². The van der Waals surface area contributed by atoms with Crippen molar-refractivity contribution >= 4 is 0 Å². The van der Waals surface area contributed by atoms with Gasteiger partial charge < -0.3 is 9.84 Å². The maximum absolute atomic E-state index is 12.6. The zero-order chi connectivity index (χ0) is 11.6. The molecule has 0 spiro atoms. The van der Waals surface area contributed by atoms with Crippen LogP contribution in [0.25, 0.3) is 0 Å². The predicted molar refractivity (Wildman–Crippen MR) is 48.7 cm³/mol. The van der Waals surface area contributed by atoms with Crippen LogP contribution in [0.1, 0.15) is 16.7 Å². The van der Waals surface area contributed by atoms with Gasteiger partial charge in [0.05, 0.1) is 19.3 Å². The summed E-state index contributed by atoms with van der Waals surface area (Å²) in [5.74, 6) is -0.195. The highest BCUT2D eigenvalue weighted by molar-refractivity contribution is 5.45. The molecule has 1 aromatic rings. The summed E-state index contributed by atoms with van der Waals surface area (Å²) in [5.41, 5.74) is -0.272. The molecule has 0 amide bonds. The van der Waals surface area contributed by atoms with Gasteiger partial charge in [-0.15, -0.1) is 0 Å². The number of aliphatic hydroxyl groups excluding tert-OH is 1. The van der Waals surface area contributed by atoms with E-state index in [9.17, 15) is 13.2 Å². The Morgan fingerprint density at radius 3 is 2.33 bits per heavy atom. The molecular formula is C10H11F3O2. The first kappa shape index (κ1) is 11.8. The maximum atomic E-state index is 12.6. The van der Waals surface area contributed by atoms with Gasteiger partial charge in [-0.2, -0.15) is 13.2 Å². The molecule has 15 heavy (non-hydrogen) atoms. The van der Waals surface area contributed by atoms with E-state index < -0.39 is 18.3 Å². The lowest BCUT2D eigenvalue weighted by Crippen LogP contribution is -2.09. The van der Waals surface area contributed by atoms with E-state index in [0.717, 1.165) is 6.07 Å². The van der Waals surface area contributed by atoms with Crippen LogP contribution in [0.15, 0.2) is 12.1 Å². The number of methoxy groups -OCH3 is 1. The second kappa shape index (κ2) is 4.10. The van der Waals surface area contributed by atoms with Crippen LogP contribution < -0.4 is 4.74 Å². The third kappa shape index (κ3) is 2.41. The highest BCUT2D eigenvalue weighted by Gasteiger charge is 2.35. The fraction of sp³-hybridized carbons (Fsp3) is 0.400. The number of rotatable bonds is 2. The first-order chi connectivity index (χ1) is 6.90. The largest absolute Gasteiger partial charge is 0.496 e. The fourth-order valence-corrected chi connectivity index (χ4v) is 1.42. The van der Waals surface area contributed by atoms with E-state index in [4.69, 9.17) is 9.84 Å². The third-order valence-electron chi connectivity index (χ3n) is 2.03. The Morgan fingerprint density at radius 2 is 1.93 bits per heavy atom. The second-order valence-electron chi connectivity index (χ2n) is 3.15. The van der Waals surface area contributed by atoms with Gasteiger partial charge in [0, 0.05) is 0 Å². The zero-order valence-corrected chi connectivity index (χ0v) is 8.35. The van der Waals surface area contributed by atoms with E-state index in [1.807, 2.05) is 0 Å².